The number of para-hydroxylation sites is 1. The first kappa shape index (κ1) is 18.0. The second-order valence-electron chi connectivity index (χ2n) is 5.84. The first-order valence-electron chi connectivity index (χ1n) is 7.60. The summed E-state index contributed by atoms with van der Waals surface area (Å²) in [5.41, 5.74) is -0.163. The van der Waals surface area contributed by atoms with Crippen LogP contribution in [0.2, 0.25) is 0 Å². The predicted molar refractivity (Wildman–Crippen MR) is 91.5 cm³/mol. The Bertz CT molecular complexity index is 1100. The molecule has 6 nitrogen and oxygen atoms in total. The van der Waals surface area contributed by atoms with Crippen LogP contribution in [0.15, 0.2) is 53.6 Å². The molecule has 0 saturated heterocycles. The van der Waals surface area contributed by atoms with Gasteiger partial charge in [0.25, 0.3) is 5.56 Å². The Labute approximate surface area is 148 Å². The molecule has 0 aliphatic rings. The van der Waals surface area contributed by atoms with E-state index in [1.165, 1.54) is 35.2 Å². The van der Waals surface area contributed by atoms with Crippen LogP contribution in [-0.2, 0) is 28.4 Å². The second-order valence-corrected chi connectivity index (χ2v) is 7.90. The Balaban J connectivity index is 1.82. The molecule has 0 aliphatic heterocycles. The smallest absolute Gasteiger partial charge is 0.250 e. The molecule has 0 spiro atoms. The fraction of sp³-hybridized carbons (Fsp3) is 0.176. The molecule has 3 aromatic rings. The zero-order valence-electron chi connectivity index (χ0n) is 13.8. The summed E-state index contributed by atoms with van der Waals surface area (Å²) in [6.45, 7) is 0. The van der Waals surface area contributed by atoms with Gasteiger partial charge in [0.05, 0.1) is 17.2 Å². The summed E-state index contributed by atoms with van der Waals surface area (Å²) in [5.74, 6) is -2.35. The summed E-state index contributed by atoms with van der Waals surface area (Å²) in [4.78, 5) is 11.6. The molecule has 0 amide bonds. The Hall–Kier alpha value is -2.81. The molecule has 26 heavy (non-hydrogen) atoms. The standard InChI is InChI=1S/C17H15F2N3O3S/c1-21-7-5-12(9-16(21)23)10-26(24,25)11-13-6-8-22(20-13)17-14(18)3-2-4-15(17)19/h2-9H,10-11H2,1H3. The number of aryl methyl sites for hydroxylation is 1. The summed E-state index contributed by atoms with van der Waals surface area (Å²) < 4.78 is 54.6. The average Bonchev–Trinajstić information content (AvgIpc) is 2.97. The maximum Gasteiger partial charge on any atom is 0.250 e. The van der Waals surface area contributed by atoms with Crippen molar-refractivity contribution in [2.24, 2.45) is 7.05 Å². The molecule has 136 valence electrons. The highest BCUT2D eigenvalue weighted by Crippen LogP contribution is 2.18. The van der Waals surface area contributed by atoms with Crippen LogP contribution in [0.3, 0.4) is 0 Å². The minimum absolute atomic E-state index is 0.150. The molecule has 2 heterocycles. The number of rotatable bonds is 5. The van der Waals surface area contributed by atoms with E-state index in [9.17, 15) is 22.0 Å². The highest BCUT2D eigenvalue weighted by atomic mass is 32.2. The van der Waals surface area contributed by atoms with Gasteiger partial charge < -0.3 is 4.57 Å². The average molecular weight is 379 g/mol. The lowest BCUT2D eigenvalue weighted by molar-refractivity contribution is 0.559. The van der Waals surface area contributed by atoms with Crippen LogP contribution in [0, 0.1) is 11.6 Å². The van der Waals surface area contributed by atoms with Gasteiger partial charge in [0.1, 0.15) is 5.69 Å². The quantitative estimate of drug-likeness (QED) is 0.679. The predicted octanol–water partition coefficient (Wildman–Crippen LogP) is 1.96. The van der Waals surface area contributed by atoms with Crippen molar-refractivity contribution in [3.05, 3.63) is 82.0 Å². The first-order chi connectivity index (χ1) is 12.2. The lowest BCUT2D eigenvalue weighted by atomic mass is 10.3. The molecular formula is C17H15F2N3O3S. The van der Waals surface area contributed by atoms with Crippen molar-refractivity contribution in [3.63, 3.8) is 0 Å². The molecule has 0 radical (unpaired) electrons. The Kier molecular flexibility index (Phi) is 4.73. The van der Waals surface area contributed by atoms with Gasteiger partial charge in [-0.25, -0.2) is 21.9 Å². The third-order valence-electron chi connectivity index (χ3n) is 3.73. The third kappa shape index (κ3) is 3.88. The molecule has 0 N–H and O–H groups in total. The van der Waals surface area contributed by atoms with Gasteiger partial charge in [0.2, 0.25) is 0 Å². The van der Waals surface area contributed by atoms with E-state index in [0.717, 1.165) is 16.8 Å². The Morgan fingerprint density at radius 3 is 2.38 bits per heavy atom. The molecule has 0 unspecified atom stereocenters. The molecule has 0 fully saturated rings. The number of halogens is 2. The first-order valence-corrected chi connectivity index (χ1v) is 9.42. The summed E-state index contributed by atoms with van der Waals surface area (Å²) >= 11 is 0. The monoisotopic (exact) mass is 379 g/mol. The van der Waals surface area contributed by atoms with Gasteiger partial charge in [-0.3, -0.25) is 4.79 Å². The zero-order valence-corrected chi connectivity index (χ0v) is 14.6. The number of sulfone groups is 1. The molecule has 3 rings (SSSR count). The van der Waals surface area contributed by atoms with E-state index in [0.29, 0.717) is 5.56 Å². The number of aromatic nitrogens is 3. The van der Waals surface area contributed by atoms with Crippen molar-refractivity contribution < 1.29 is 17.2 Å². The molecule has 0 aliphatic carbocycles. The largest absolute Gasteiger partial charge is 0.319 e. The van der Waals surface area contributed by atoms with Gasteiger partial charge in [0, 0.05) is 25.5 Å². The van der Waals surface area contributed by atoms with Crippen molar-refractivity contribution in [2.45, 2.75) is 11.5 Å². The van der Waals surface area contributed by atoms with Crippen molar-refractivity contribution >= 4 is 9.84 Å². The molecule has 0 atom stereocenters. The summed E-state index contributed by atoms with van der Waals surface area (Å²) in [7, 11) is -2.05. The maximum atomic E-state index is 13.8. The molecule has 9 heteroatoms. The summed E-state index contributed by atoms with van der Waals surface area (Å²) in [6.07, 6.45) is 2.79. The Morgan fingerprint density at radius 1 is 1.04 bits per heavy atom. The van der Waals surface area contributed by atoms with Crippen LogP contribution in [0.1, 0.15) is 11.3 Å². The normalized spacial score (nSPS) is 11.7. The van der Waals surface area contributed by atoms with Gasteiger partial charge in [-0.2, -0.15) is 5.10 Å². The number of nitrogens with zero attached hydrogens (tertiary/aromatic N) is 3. The van der Waals surface area contributed by atoms with Gasteiger partial charge >= 0.3 is 0 Å². The molecular weight excluding hydrogens is 364 g/mol. The number of pyridine rings is 1. The van der Waals surface area contributed by atoms with E-state index in [4.69, 9.17) is 0 Å². The third-order valence-corrected chi connectivity index (χ3v) is 5.24. The topological polar surface area (TPSA) is 74.0 Å². The molecule has 1 aromatic carbocycles. The van der Waals surface area contributed by atoms with Crippen LogP contribution >= 0.6 is 0 Å². The highest BCUT2D eigenvalue weighted by Gasteiger charge is 2.17. The van der Waals surface area contributed by atoms with Gasteiger partial charge in [-0.05, 0) is 29.8 Å². The van der Waals surface area contributed by atoms with Gasteiger partial charge in [-0.1, -0.05) is 6.07 Å². The molecule has 0 saturated carbocycles. The van der Waals surface area contributed by atoms with Gasteiger partial charge in [-0.15, -0.1) is 0 Å². The van der Waals surface area contributed by atoms with E-state index in [2.05, 4.69) is 5.10 Å². The number of benzene rings is 1. The minimum atomic E-state index is -3.62. The van der Waals surface area contributed by atoms with Crippen molar-refractivity contribution in [2.75, 3.05) is 0 Å². The zero-order chi connectivity index (χ0) is 18.9. The van der Waals surface area contributed by atoms with E-state index < -0.39 is 27.2 Å². The van der Waals surface area contributed by atoms with E-state index in [-0.39, 0.29) is 22.7 Å². The second kappa shape index (κ2) is 6.83. The van der Waals surface area contributed by atoms with Crippen LogP contribution in [0.5, 0.6) is 0 Å². The van der Waals surface area contributed by atoms with Crippen LogP contribution < -0.4 is 5.56 Å². The molecule has 2 aromatic heterocycles. The van der Waals surface area contributed by atoms with E-state index >= 15 is 0 Å². The van der Waals surface area contributed by atoms with Crippen LogP contribution in [0.25, 0.3) is 5.69 Å². The minimum Gasteiger partial charge on any atom is -0.319 e. The fourth-order valence-corrected chi connectivity index (χ4v) is 3.87. The lowest BCUT2D eigenvalue weighted by Gasteiger charge is -2.05. The van der Waals surface area contributed by atoms with Crippen molar-refractivity contribution in [1.29, 1.82) is 0 Å². The highest BCUT2D eigenvalue weighted by molar-refractivity contribution is 7.89. The van der Waals surface area contributed by atoms with Crippen molar-refractivity contribution in [3.8, 4) is 5.69 Å². The summed E-state index contributed by atoms with van der Waals surface area (Å²) in [5, 5.41) is 3.95. The Morgan fingerprint density at radius 2 is 1.73 bits per heavy atom. The SMILES string of the molecule is Cn1ccc(CS(=O)(=O)Cc2ccn(-c3c(F)cccc3F)n2)cc1=O. The van der Waals surface area contributed by atoms with E-state index in [1.54, 1.807) is 13.1 Å². The number of hydrogen-bond acceptors (Lipinski definition) is 4. The fourth-order valence-electron chi connectivity index (χ4n) is 2.48. The van der Waals surface area contributed by atoms with Crippen LogP contribution in [-0.4, -0.2) is 22.8 Å². The van der Waals surface area contributed by atoms with Gasteiger partial charge in [0.15, 0.2) is 21.5 Å². The van der Waals surface area contributed by atoms with E-state index in [1.807, 2.05) is 0 Å². The molecule has 0 bridgehead atoms. The van der Waals surface area contributed by atoms with Crippen LogP contribution in [0.4, 0.5) is 8.78 Å². The lowest BCUT2D eigenvalue weighted by Crippen LogP contribution is -2.17. The number of hydrogen-bond donors (Lipinski definition) is 0. The summed E-state index contributed by atoms with van der Waals surface area (Å²) in [6, 6.07) is 7.59. The maximum absolute atomic E-state index is 13.8. The van der Waals surface area contributed by atoms with Crippen molar-refractivity contribution in [1.82, 2.24) is 14.3 Å².